The number of anilines is 1. The molecule has 1 saturated heterocycles. The van der Waals surface area contributed by atoms with E-state index in [1.54, 1.807) is 24.3 Å². The summed E-state index contributed by atoms with van der Waals surface area (Å²) in [6, 6.07) is 11.8. The zero-order chi connectivity index (χ0) is 17.3. The fourth-order valence-electron chi connectivity index (χ4n) is 2.27. The molecular weight excluding hydrogens is 331 g/mol. The second-order valence-corrected chi connectivity index (χ2v) is 5.35. The van der Waals surface area contributed by atoms with Crippen LogP contribution in [0.15, 0.2) is 54.1 Å². The van der Waals surface area contributed by atoms with Gasteiger partial charge in [0.15, 0.2) is 5.11 Å². The Hall–Kier alpha value is -3.06. The molecule has 1 aliphatic rings. The molecule has 0 aromatic heterocycles. The second kappa shape index (κ2) is 6.21. The smallest absolute Gasteiger partial charge is 0.270 e. The molecule has 0 bridgehead atoms. The van der Waals surface area contributed by atoms with Crippen molar-refractivity contribution in [1.29, 1.82) is 0 Å². The van der Waals surface area contributed by atoms with Crippen molar-refractivity contribution >= 4 is 40.9 Å². The van der Waals surface area contributed by atoms with Crippen molar-refractivity contribution in [2.45, 2.75) is 0 Å². The summed E-state index contributed by atoms with van der Waals surface area (Å²) in [5.41, 5.74) is -0.0265. The number of phenols is 1. The number of benzene rings is 2. The van der Waals surface area contributed by atoms with Gasteiger partial charge in [-0.05, 0) is 36.5 Å². The van der Waals surface area contributed by atoms with E-state index in [4.69, 9.17) is 12.2 Å². The normalized spacial score (nSPS) is 16.5. The highest BCUT2D eigenvalue weighted by molar-refractivity contribution is 7.80. The number of carbonyl (C=O) groups is 2. The van der Waals surface area contributed by atoms with Crippen molar-refractivity contribution in [1.82, 2.24) is 5.32 Å². The van der Waals surface area contributed by atoms with Crippen molar-refractivity contribution < 1.29 is 19.1 Å². The van der Waals surface area contributed by atoms with E-state index in [-0.39, 0.29) is 27.7 Å². The number of thiocarbonyl (C=S) groups is 1. The lowest BCUT2D eigenvalue weighted by Crippen LogP contribution is -2.54. The third-order valence-electron chi connectivity index (χ3n) is 3.43. The van der Waals surface area contributed by atoms with Gasteiger partial charge in [-0.3, -0.25) is 14.9 Å². The van der Waals surface area contributed by atoms with E-state index in [2.05, 4.69) is 5.32 Å². The highest BCUT2D eigenvalue weighted by Crippen LogP contribution is 2.26. The molecule has 0 radical (unpaired) electrons. The quantitative estimate of drug-likeness (QED) is 0.499. The van der Waals surface area contributed by atoms with Crippen molar-refractivity contribution in [2.75, 3.05) is 4.90 Å². The summed E-state index contributed by atoms with van der Waals surface area (Å²) >= 11 is 5.00. The van der Waals surface area contributed by atoms with Crippen molar-refractivity contribution in [3.8, 4) is 5.75 Å². The molecule has 7 heteroatoms. The summed E-state index contributed by atoms with van der Waals surface area (Å²) in [6.45, 7) is 0. The van der Waals surface area contributed by atoms with E-state index < -0.39 is 17.6 Å². The Morgan fingerprint density at radius 1 is 1.08 bits per heavy atom. The number of rotatable bonds is 2. The van der Waals surface area contributed by atoms with Crippen LogP contribution in [0.4, 0.5) is 10.1 Å². The summed E-state index contributed by atoms with van der Waals surface area (Å²) in [5, 5.41) is 12.0. The van der Waals surface area contributed by atoms with Crippen LogP contribution in [-0.4, -0.2) is 22.0 Å². The number of hydrogen-bond acceptors (Lipinski definition) is 4. The molecule has 24 heavy (non-hydrogen) atoms. The molecule has 2 N–H and O–H groups in total. The monoisotopic (exact) mass is 342 g/mol. The lowest BCUT2D eigenvalue weighted by molar-refractivity contribution is -0.122. The number of nitrogens with zero attached hydrogens (tertiary/aromatic N) is 1. The highest BCUT2D eigenvalue weighted by atomic mass is 32.1. The minimum absolute atomic E-state index is 0.0596. The lowest BCUT2D eigenvalue weighted by atomic mass is 10.1. The number of phenolic OH excluding ortho intramolecular Hbond substituents is 1. The number of carbonyl (C=O) groups excluding carboxylic acids is 2. The SMILES string of the molecule is O=C1NC(=S)N(c2ccccc2F)C(=O)/C1=C\c1ccccc1O. The summed E-state index contributed by atoms with van der Waals surface area (Å²) in [4.78, 5) is 25.7. The third kappa shape index (κ3) is 2.77. The van der Waals surface area contributed by atoms with Crippen LogP contribution < -0.4 is 10.2 Å². The van der Waals surface area contributed by atoms with Gasteiger partial charge in [-0.2, -0.15) is 0 Å². The molecule has 0 saturated carbocycles. The zero-order valence-electron chi connectivity index (χ0n) is 12.2. The fourth-order valence-corrected chi connectivity index (χ4v) is 2.55. The number of halogens is 1. The van der Waals surface area contributed by atoms with Gasteiger partial charge in [-0.1, -0.05) is 30.3 Å². The summed E-state index contributed by atoms with van der Waals surface area (Å²) in [5.74, 6) is -2.21. The third-order valence-corrected chi connectivity index (χ3v) is 3.72. The molecule has 0 spiro atoms. The summed E-state index contributed by atoms with van der Waals surface area (Å²) in [6.07, 6.45) is 1.24. The predicted molar refractivity (Wildman–Crippen MR) is 90.7 cm³/mol. The number of amides is 2. The number of para-hydroxylation sites is 2. The molecular formula is C17H11FN2O3S. The van der Waals surface area contributed by atoms with E-state index in [0.717, 1.165) is 4.90 Å². The van der Waals surface area contributed by atoms with Crippen molar-refractivity contribution in [3.63, 3.8) is 0 Å². The molecule has 0 atom stereocenters. The number of hydrogen-bond donors (Lipinski definition) is 2. The molecule has 2 aromatic carbocycles. The molecule has 120 valence electrons. The van der Waals surface area contributed by atoms with Crippen LogP contribution in [0.5, 0.6) is 5.75 Å². The molecule has 1 fully saturated rings. The van der Waals surface area contributed by atoms with E-state index in [0.29, 0.717) is 0 Å². The minimum Gasteiger partial charge on any atom is -0.507 e. The fraction of sp³-hybridized carbons (Fsp3) is 0. The van der Waals surface area contributed by atoms with E-state index in [1.807, 2.05) is 0 Å². The first-order valence-electron chi connectivity index (χ1n) is 6.93. The molecule has 0 aliphatic carbocycles. The maximum absolute atomic E-state index is 14.0. The first-order chi connectivity index (χ1) is 11.5. The Labute approximate surface area is 142 Å². The zero-order valence-corrected chi connectivity index (χ0v) is 13.0. The molecule has 2 amide bonds. The molecule has 5 nitrogen and oxygen atoms in total. The topological polar surface area (TPSA) is 69.6 Å². The van der Waals surface area contributed by atoms with E-state index >= 15 is 0 Å². The molecule has 1 heterocycles. The van der Waals surface area contributed by atoms with Gasteiger partial charge in [-0.25, -0.2) is 9.29 Å². The first kappa shape index (κ1) is 15.8. The average molecular weight is 342 g/mol. The largest absolute Gasteiger partial charge is 0.507 e. The first-order valence-corrected chi connectivity index (χ1v) is 7.34. The van der Waals surface area contributed by atoms with Crippen LogP contribution in [-0.2, 0) is 9.59 Å². The standard InChI is InChI=1S/C17H11FN2O3S/c18-12-6-2-3-7-13(12)20-16(23)11(15(22)19-17(20)24)9-10-5-1-4-8-14(10)21/h1-9,21H,(H,19,22,24)/b11-9-. The number of aromatic hydroxyl groups is 1. The van der Waals surface area contributed by atoms with Crippen LogP contribution in [0.1, 0.15) is 5.56 Å². The van der Waals surface area contributed by atoms with E-state index in [1.165, 1.54) is 30.3 Å². The van der Waals surface area contributed by atoms with Crippen LogP contribution in [0.2, 0.25) is 0 Å². The average Bonchev–Trinajstić information content (AvgIpc) is 2.54. The summed E-state index contributed by atoms with van der Waals surface area (Å²) in [7, 11) is 0. The van der Waals surface area contributed by atoms with Crippen LogP contribution in [0, 0.1) is 5.82 Å². The van der Waals surface area contributed by atoms with Crippen LogP contribution >= 0.6 is 12.2 Å². The maximum Gasteiger partial charge on any atom is 0.270 e. The van der Waals surface area contributed by atoms with Gasteiger partial charge < -0.3 is 5.11 Å². The van der Waals surface area contributed by atoms with Gasteiger partial charge in [0, 0.05) is 5.56 Å². The van der Waals surface area contributed by atoms with Gasteiger partial charge >= 0.3 is 0 Å². The van der Waals surface area contributed by atoms with Gasteiger partial charge in [0.1, 0.15) is 17.1 Å². The van der Waals surface area contributed by atoms with Crippen molar-refractivity contribution in [2.24, 2.45) is 0 Å². The van der Waals surface area contributed by atoms with Gasteiger partial charge in [-0.15, -0.1) is 0 Å². The Morgan fingerprint density at radius 2 is 1.75 bits per heavy atom. The van der Waals surface area contributed by atoms with E-state index in [9.17, 15) is 19.1 Å². The Morgan fingerprint density at radius 3 is 2.46 bits per heavy atom. The minimum atomic E-state index is -0.767. The van der Waals surface area contributed by atoms with Crippen LogP contribution in [0.3, 0.4) is 0 Å². The molecule has 0 unspecified atom stereocenters. The van der Waals surface area contributed by atoms with Gasteiger partial charge in [0.05, 0.1) is 5.69 Å². The highest BCUT2D eigenvalue weighted by Gasteiger charge is 2.35. The van der Waals surface area contributed by atoms with Gasteiger partial charge in [0.25, 0.3) is 11.8 Å². The predicted octanol–water partition coefficient (Wildman–Crippen LogP) is 2.36. The van der Waals surface area contributed by atoms with Gasteiger partial charge in [0.2, 0.25) is 0 Å². The Balaban J connectivity index is 2.07. The molecule has 3 rings (SSSR count). The van der Waals surface area contributed by atoms with Crippen molar-refractivity contribution in [3.05, 3.63) is 65.5 Å². The van der Waals surface area contributed by atoms with Crippen LogP contribution in [0.25, 0.3) is 6.08 Å². The lowest BCUT2D eigenvalue weighted by Gasteiger charge is -2.29. The number of nitrogens with one attached hydrogen (secondary N) is 1. The molecule has 1 aliphatic heterocycles. The summed E-state index contributed by atoms with van der Waals surface area (Å²) < 4.78 is 14.0. The Bertz CT molecular complexity index is 895. The molecule has 2 aromatic rings. The maximum atomic E-state index is 14.0. The second-order valence-electron chi connectivity index (χ2n) is 4.97. The Kier molecular flexibility index (Phi) is 4.09.